The Morgan fingerprint density at radius 1 is 1.56 bits per heavy atom. The molecule has 1 unspecified atom stereocenters. The third kappa shape index (κ3) is 2.23. The van der Waals surface area contributed by atoms with Gasteiger partial charge in [-0.05, 0) is 25.7 Å². The quantitative estimate of drug-likeness (QED) is 0.511. The van der Waals surface area contributed by atoms with E-state index in [0.29, 0.717) is 12.0 Å². The Morgan fingerprint density at radius 2 is 2.33 bits per heavy atom. The SMILES string of the molecule is CCC1CCCCN1C(=N)n1ccnc(N)c1=N. The van der Waals surface area contributed by atoms with Crippen LogP contribution >= 0.6 is 0 Å². The third-order valence-corrected chi connectivity index (χ3v) is 3.51. The van der Waals surface area contributed by atoms with Gasteiger partial charge in [0.1, 0.15) is 0 Å². The number of hydrogen-bond donors (Lipinski definition) is 3. The number of hydrogen-bond acceptors (Lipinski definition) is 4. The Kier molecular flexibility index (Phi) is 3.64. The van der Waals surface area contributed by atoms with E-state index in [2.05, 4.69) is 16.8 Å². The summed E-state index contributed by atoms with van der Waals surface area (Å²) in [4.78, 5) is 5.93. The Hall–Kier alpha value is -1.85. The van der Waals surface area contributed by atoms with Gasteiger partial charge >= 0.3 is 0 Å². The summed E-state index contributed by atoms with van der Waals surface area (Å²) in [5, 5.41) is 16.2. The number of nitrogens with one attached hydrogen (secondary N) is 2. The van der Waals surface area contributed by atoms with E-state index < -0.39 is 0 Å². The predicted molar refractivity (Wildman–Crippen MR) is 70.3 cm³/mol. The molecule has 0 saturated carbocycles. The van der Waals surface area contributed by atoms with Crippen LogP contribution in [0, 0.1) is 10.8 Å². The molecule has 0 bridgehead atoms. The van der Waals surface area contributed by atoms with E-state index in [-0.39, 0.29) is 11.3 Å². The summed E-state index contributed by atoms with van der Waals surface area (Å²) in [6.45, 7) is 3.02. The molecule has 2 heterocycles. The zero-order valence-corrected chi connectivity index (χ0v) is 10.7. The molecular formula is C12H20N6. The molecule has 0 aromatic carbocycles. The van der Waals surface area contributed by atoms with E-state index in [1.807, 2.05) is 0 Å². The molecule has 1 saturated heterocycles. The second kappa shape index (κ2) is 5.20. The van der Waals surface area contributed by atoms with Crippen molar-refractivity contribution < 1.29 is 0 Å². The first-order valence-electron chi connectivity index (χ1n) is 6.38. The smallest absolute Gasteiger partial charge is 0.204 e. The van der Waals surface area contributed by atoms with Crippen molar-refractivity contribution in [2.45, 2.75) is 38.6 Å². The van der Waals surface area contributed by atoms with Gasteiger partial charge in [-0.1, -0.05) is 6.92 Å². The van der Waals surface area contributed by atoms with Crippen LogP contribution in [0.1, 0.15) is 32.6 Å². The molecule has 0 aliphatic carbocycles. The molecule has 0 radical (unpaired) electrons. The lowest BCUT2D eigenvalue weighted by atomic mass is 10.0. The zero-order valence-electron chi connectivity index (χ0n) is 10.7. The van der Waals surface area contributed by atoms with Crippen LogP contribution in [0.3, 0.4) is 0 Å². The number of nitrogen functional groups attached to an aromatic ring is 1. The van der Waals surface area contributed by atoms with Gasteiger partial charge in [-0.15, -0.1) is 0 Å². The van der Waals surface area contributed by atoms with Gasteiger partial charge in [-0.3, -0.25) is 15.4 Å². The van der Waals surface area contributed by atoms with Crippen LogP contribution < -0.4 is 11.2 Å². The Bertz CT molecular complexity index is 492. The maximum absolute atomic E-state index is 8.28. The van der Waals surface area contributed by atoms with Crippen LogP contribution in [0.2, 0.25) is 0 Å². The summed E-state index contributed by atoms with van der Waals surface area (Å²) >= 11 is 0. The normalized spacial score (nSPS) is 19.8. The molecule has 0 amide bonds. The number of likely N-dealkylation sites (tertiary alicyclic amines) is 1. The summed E-state index contributed by atoms with van der Waals surface area (Å²) in [7, 11) is 0. The summed E-state index contributed by atoms with van der Waals surface area (Å²) in [6.07, 6.45) is 7.63. The average molecular weight is 248 g/mol. The highest BCUT2D eigenvalue weighted by atomic mass is 15.3. The number of piperidine rings is 1. The molecule has 18 heavy (non-hydrogen) atoms. The van der Waals surface area contributed by atoms with Gasteiger partial charge in [-0.2, -0.15) is 0 Å². The molecule has 98 valence electrons. The minimum atomic E-state index is 0.0860. The number of nitrogens with zero attached hydrogens (tertiary/aromatic N) is 3. The molecule has 0 spiro atoms. The van der Waals surface area contributed by atoms with Crippen molar-refractivity contribution in [1.82, 2.24) is 14.5 Å². The summed E-state index contributed by atoms with van der Waals surface area (Å²) in [5.41, 5.74) is 5.71. The van der Waals surface area contributed by atoms with E-state index in [1.54, 1.807) is 6.20 Å². The topological polar surface area (TPSA) is 94.8 Å². The molecular weight excluding hydrogens is 228 g/mol. The maximum Gasteiger partial charge on any atom is 0.204 e. The van der Waals surface area contributed by atoms with Crippen LogP contribution in [0.25, 0.3) is 0 Å². The summed E-state index contributed by atoms with van der Waals surface area (Å²) in [6, 6.07) is 0.396. The van der Waals surface area contributed by atoms with Crippen molar-refractivity contribution >= 4 is 11.8 Å². The van der Waals surface area contributed by atoms with E-state index in [0.717, 1.165) is 25.8 Å². The van der Waals surface area contributed by atoms with Crippen molar-refractivity contribution in [1.29, 1.82) is 10.8 Å². The first kappa shape index (κ1) is 12.6. The van der Waals surface area contributed by atoms with Crippen LogP contribution in [-0.4, -0.2) is 33.0 Å². The first-order chi connectivity index (χ1) is 8.65. The van der Waals surface area contributed by atoms with Crippen LogP contribution in [-0.2, 0) is 0 Å². The molecule has 2 rings (SSSR count). The van der Waals surface area contributed by atoms with E-state index in [1.165, 1.54) is 17.2 Å². The van der Waals surface area contributed by atoms with E-state index >= 15 is 0 Å². The van der Waals surface area contributed by atoms with Crippen LogP contribution in [0.5, 0.6) is 0 Å². The van der Waals surface area contributed by atoms with E-state index in [9.17, 15) is 0 Å². The van der Waals surface area contributed by atoms with Crippen molar-refractivity contribution in [3.8, 4) is 0 Å². The molecule has 1 fully saturated rings. The molecule has 1 aromatic rings. The van der Waals surface area contributed by atoms with E-state index in [4.69, 9.17) is 16.6 Å². The van der Waals surface area contributed by atoms with Gasteiger partial charge in [0, 0.05) is 25.0 Å². The fraction of sp³-hybridized carbons (Fsp3) is 0.583. The first-order valence-corrected chi connectivity index (χ1v) is 6.38. The summed E-state index contributed by atoms with van der Waals surface area (Å²) < 4.78 is 1.50. The fourth-order valence-corrected chi connectivity index (χ4v) is 2.46. The lowest BCUT2D eigenvalue weighted by Crippen LogP contribution is -2.48. The lowest BCUT2D eigenvalue weighted by molar-refractivity contribution is 0.227. The minimum Gasteiger partial charge on any atom is -0.381 e. The Morgan fingerprint density at radius 3 is 3.06 bits per heavy atom. The standard InChI is InChI=1S/C12H20N6/c1-2-9-5-3-4-7-17(9)12(15)18-8-6-16-10(13)11(18)14/h6,8-9,14-15H,2-5,7H2,1H3,(H2,13,16). The number of rotatable bonds is 1. The third-order valence-electron chi connectivity index (χ3n) is 3.51. The highest BCUT2D eigenvalue weighted by molar-refractivity contribution is 5.79. The minimum absolute atomic E-state index is 0.0860. The van der Waals surface area contributed by atoms with Gasteiger partial charge in [0.25, 0.3) is 0 Å². The second-order valence-electron chi connectivity index (χ2n) is 4.61. The molecule has 1 aromatic heterocycles. The Balaban J connectivity index is 2.30. The maximum atomic E-state index is 8.28. The highest BCUT2D eigenvalue weighted by Gasteiger charge is 2.24. The molecule has 6 heteroatoms. The highest BCUT2D eigenvalue weighted by Crippen LogP contribution is 2.19. The molecule has 1 atom stereocenters. The fourth-order valence-electron chi connectivity index (χ4n) is 2.46. The van der Waals surface area contributed by atoms with Crippen molar-refractivity contribution in [2.75, 3.05) is 12.3 Å². The average Bonchev–Trinajstić information content (AvgIpc) is 2.41. The van der Waals surface area contributed by atoms with Gasteiger partial charge in [-0.25, -0.2) is 4.98 Å². The molecule has 1 aliphatic heterocycles. The van der Waals surface area contributed by atoms with Crippen LogP contribution in [0.4, 0.5) is 5.82 Å². The monoisotopic (exact) mass is 248 g/mol. The molecule has 4 N–H and O–H groups in total. The predicted octanol–water partition coefficient (Wildman–Crippen LogP) is 0.992. The van der Waals surface area contributed by atoms with Gasteiger partial charge < -0.3 is 10.6 Å². The molecule has 1 aliphatic rings. The van der Waals surface area contributed by atoms with Crippen LogP contribution in [0.15, 0.2) is 12.4 Å². The molecule has 6 nitrogen and oxygen atoms in total. The number of aromatic nitrogens is 2. The van der Waals surface area contributed by atoms with Crippen molar-refractivity contribution in [3.05, 3.63) is 17.9 Å². The van der Waals surface area contributed by atoms with Gasteiger partial charge in [0.2, 0.25) is 5.96 Å². The Labute approximate surface area is 106 Å². The zero-order chi connectivity index (χ0) is 13.1. The number of nitrogens with two attached hydrogens (primary N) is 1. The van der Waals surface area contributed by atoms with Gasteiger partial charge in [0.05, 0.1) is 0 Å². The second-order valence-corrected chi connectivity index (χ2v) is 4.61. The largest absolute Gasteiger partial charge is 0.381 e. The van der Waals surface area contributed by atoms with Gasteiger partial charge in [0.15, 0.2) is 11.3 Å². The van der Waals surface area contributed by atoms with Crippen molar-refractivity contribution in [3.63, 3.8) is 0 Å². The van der Waals surface area contributed by atoms with Crippen molar-refractivity contribution in [2.24, 2.45) is 0 Å². The summed E-state index contributed by atoms with van der Waals surface area (Å²) in [5.74, 6) is 0.493. The number of anilines is 1. The lowest BCUT2D eigenvalue weighted by Gasteiger charge is -2.37.